The van der Waals surface area contributed by atoms with Gasteiger partial charge in [0.2, 0.25) is 0 Å². The molecule has 0 aliphatic carbocycles. The van der Waals surface area contributed by atoms with Crippen molar-refractivity contribution in [1.29, 1.82) is 0 Å². The Labute approximate surface area is 185 Å². The minimum Gasteiger partial charge on any atom is -0.490 e. The van der Waals surface area contributed by atoms with Crippen LogP contribution >= 0.6 is 11.6 Å². The summed E-state index contributed by atoms with van der Waals surface area (Å²) >= 11 is 6.30. The number of halogens is 1. The molecule has 0 bridgehead atoms. The number of hydrogen-bond donors (Lipinski definition) is 1. The number of hydrogen-bond acceptors (Lipinski definition) is 3. The number of para-hydroxylation sites is 1. The van der Waals surface area contributed by atoms with Crippen LogP contribution in [0.5, 0.6) is 11.5 Å². The lowest BCUT2D eigenvalue weighted by atomic mass is 10.1. The lowest BCUT2D eigenvalue weighted by Gasteiger charge is -2.19. The third-order valence-corrected chi connectivity index (χ3v) is 5.41. The smallest absolute Gasteiger partial charge is 0.166 e. The van der Waals surface area contributed by atoms with E-state index in [0.717, 1.165) is 35.5 Å². The number of rotatable bonds is 11. The molecule has 0 unspecified atom stereocenters. The van der Waals surface area contributed by atoms with E-state index in [4.69, 9.17) is 21.1 Å². The molecule has 0 saturated heterocycles. The Morgan fingerprint density at radius 2 is 1.60 bits per heavy atom. The zero-order chi connectivity index (χ0) is 21.2. The largest absolute Gasteiger partial charge is 0.490 e. The molecule has 1 atom stereocenters. The van der Waals surface area contributed by atoms with Crippen LogP contribution in [-0.2, 0) is 19.6 Å². The molecule has 158 valence electrons. The van der Waals surface area contributed by atoms with Gasteiger partial charge in [-0.15, -0.1) is 0 Å². The summed E-state index contributed by atoms with van der Waals surface area (Å²) in [5, 5.41) is 4.34. The summed E-state index contributed by atoms with van der Waals surface area (Å²) in [7, 11) is 0. The molecule has 0 spiro atoms. The molecule has 0 aliphatic rings. The van der Waals surface area contributed by atoms with Gasteiger partial charge in [-0.3, -0.25) is 0 Å². The summed E-state index contributed by atoms with van der Waals surface area (Å²) in [5.41, 5.74) is 3.41. The van der Waals surface area contributed by atoms with Crippen LogP contribution in [0.1, 0.15) is 37.0 Å². The molecule has 0 heterocycles. The van der Waals surface area contributed by atoms with E-state index in [-0.39, 0.29) is 0 Å². The highest BCUT2D eigenvalue weighted by atomic mass is 35.5. The van der Waals surface area contributed by atoms with Gasteiger partial charge in [0.1, 0.15) is 6.61 Å². The second-order valence-electron chi connectivity index (χ2n) is 7.36. The van der Waals surface area contributed by atoms with Crippen LogP contribution in [0.4, 0.5) is 0 Å². The Balaban J connectivity index is 1.64. The molecule has 0 aliphatic heterocycles. The fourth-order valence-electron chi connectivity index (χ4n) is 3.31. The average Bonchev–Trinajstić information content (AvgIpc) is 2.77. The van der Waals surface area contributed by atoms with Crippen LogP contribution in [0.2, 0.25) is 5.02 Å². The molecular weight excluding hydrogens is 394 g/mol. The average molecular weight is 424 g/mol. The van der Waals surface area contributed by atoms with Gasteiger partial charge in [0.15, 0.2) is 11.5 Å². The monoisotopic (exact) mass is 423 g/mol. The fraction of sp³-hybridized carbons (Fsp3) is 0.308. The van der Waals surface area contributed by atoms with Crippen LogP contribution in [0, 0.1) is 0 Å². The number of benzene rings is 3. The van der Waals surface area contributed by atoms with Crippen molar-refractivity contribution in [1.82, 2.24) is 5.32 Å². The van der Waals surface area contributed by atoms with E-state index in [1.165, 1.54) is 5.56 Å². The van der Waals surface area contributed by atoms with Gasteiger partial charge in [-0.2, -0.15) is 0 Å². The molecule has 0 aromatic heterocycles. The van der Waals surface area contributed by atoms with E-state index in [1.54, 1.807) is 0 Å². The van der Waals surface area contributed by atoms with E-state index in [0.29, 0.717) is 30.8 Å². The lowest BCUT2D eigenvalue weighted by molar-refractivity contribution is 0.265. The maximum atomic E-state index is 6.30. The Morgan fingerprint density at radius 1 is 0.867 bits per heavy atom. The number of ether oxygens (including phenoxy) is 2. The topological polar surface area (TPSA) is 30.5 Å². The van der Waals surface area contributed by atoms with E-state index in [2.05, 4.69) is 48.6 Å². The van der Waals surface area contributed by atoms with Gasteiger partial charge in [0.25, 0.3) is 0 Å². The SMILES string of the molecule is CCOc1cccc(CN[C@H](C)CCc2ccccc2)c1OCc1ccccc1Cl. The first-order chi connectivity index (χ1) is 14.7. The highest BCUT2D eigenvalue weighted by Gasteiger charge is 2.13. The zero-order valence-corrected chi connectivity index (χ0v) is 18.5. The van der Waals surface area contributed by atoms with Crippen LogP contribution in [0.15, 0.2) is 72.8 Å². The van der Waals surface area contributed by atoms with Gasteiger partial charge in [-0.05, 0) is 44.4 Å². The summed E-state index contributed by atoms with van der Waals surface area (Å²) in [6, 6.07) is 24.8. The standard InChI is InChI=1S/C26H30ClNO2/c1-3-29-25-15-9-13-22(26(25)30-19-23-12-7-8-14-24(23)27)18-28-20(2)16-17-21-10-5-4-6-11-21/h4-15,20,28H,3,16-19H2,1-2H3/t20-/m1/s1. The van der Waals surface area contributed by atoms with Crippen molar-refractivity contribution in [3.05, 3.63) is 94.5 Å². The van der Waals surface area contributed by atoms with Crippen LogP contribution < -0.4 is 14.8 Å². The Hall–Kier alpha value is -2.49. The van der Waals surface area contributed by atoms with Crippen molar-refractivity contribution in [2.75, 3.05) is 6.61 Å². The molecule has 3 aromatic rings. The maximum absolute atomic E-state index is 6.30. The molecule has 3 nitrogen and oxygen atoms in total. The zero-order valence-electron chi connectivity index (χ0n) is 17.7. The van der Waals surface area contributed by atoms with Crippen molar-refractivity contribution < 1.29 is 9.47 Å². The van der Waals surface area contributed by atoms with Crippen molar-refractivity contribution in [2.24, 2.45) is 0 Å². The highest BCUT2D eigenvalue weighted by molar-refractivity contribution is 6.31. The Bertz CT molecular complexity index is 914. The van der Waals surface area contributed by atoms with Gasteiger partial charge in [0, 0.05) is 28.7 Å². The summed E-state index contributed by atoms with van der Waals surface area (Å²) in [6.45, 7) is 5.91. The van der Waals surface area contributed by atoms with Crippen molar-refractivity contribution in [3.63, 3.8) is 0 Å². The molecule has 1 N–H and O–H groups in total. The molecule has 0 amide bonds. The molecule has 0 saturated carbocycles. The third kappa shape index (κ3) is 6.51. The van der Waals surface area contributed by atoms with Gasteiger partial charge in [-0.1, -0.05) is 72.3 Å². The normalized spacial score (nSPS) is 11.8. The molecular formula is C26H30ClNO2. The van der Waals surface area contributed by atoms with Crippen LogP contribution in [-0.4, -0.2) is 12.6 Å². The predicted molar refractivity (Wildman–Crippen MR) is 124 cm³/mol. The second-order valence-corrected chi connectivity index (χ2v) is 7.77. The highest BCUT2D eigenvalue weighted by Crippen LogP contribution is 2.33. The maximum Gasteiger partial charge on any atom is 0.166 e. The van der Waals surface area contributed by atoms with Crippen LogP contribution in [0.25, 0.3) is 0 Å². The van der Waals surface area contributed by atoms with E-state index < -0.39 is 0 Å². The van der Waals surface area contributed by atoms with E-state index in [9.17, 15) is 0 Å². The Morgan fingerprint density at radius 3 is 2.37 bits per heavy atom. The summed E-state index contributed by atoms with van der Waals surface area (Å²) in [6.07, 6.45) is 2.13. The number of aryl methyl sites for hydroxylation is 1. The Kier molecular flexibility index (Phi) is 8.61. The van der Waals surface area contributed by atoms with Crippen molar-refractivity contribution in [2.45, 2.75) is 45.9 Å². The summed E-state index contributed by atoms with van der Waals surface area (Å²) in [5.74, 6) is 1.54. The van der Waals surface area contributed by atoms with Gasteiger partial charge in [-0.25, -0.2) is 0 Å². The molecule has 0 fully saturated rings. The van der Waals surface area contributed by atoms with Crippen molar-refractivity contribution in [3.8, 4) is 11.5 Å². The van der Waals surface area contributed by atoms with Crippen LogP contribution in [0.3, 0.4) is 0 Å². The van der Waals surface area contributed by atoms with E-state index in [1.807, 2.05) is 43.3 Å². The lowest BCUT2D eigenvalue weighted by Crippen LogP contribution is -2.26. The fourth-order valence-corrected chi connectivity index (χ4v) is 3.50. The minimum absolute atomic E-state index is 0.386. The molecule has 3 rings (SSSR count). The minimum atomic E-state index is 0.386. The summed E-state index contributed by atoms with van der Waals surface area (Å²) < 4.78 is 12.0. The number of nitrogens with one attached hydrogen (secondary N) is 1. The summed E-state index contributed by atoms with van der Waals surface area (Å²) in [4.78, 5) is 0. The second kappa shape index (κ2) is 11.6. The first-order valence-corrected chi connectivity index (χ1v) is 10.9. The quantitative estimate of drug-likeness (QED) is 0.385. The molecule has 3 aromatic carbocycles. The predicted octanol–water partition coefficient (Wildman–Crippen LogP) is 6.43. The first kappa shape index (κ1) is 22.2. The third-order valence-electron chi connectivity index (χ3n) is 5.04. The first-order valence-electron chi connectivity index (χ1n) is 10.6. The van der Waals surface area contributed by atoms with E-state index >= 15 is 0 Å². The van der Waals surface area contributed by atoms with Gasteiger partial charge >= 0.3 is 0 Å². The van der Waals surface area contributed by atoms with Gasteiger partial charge in [0.05, 0.1) is 6.61 Å². The van der Waals surface area contributed by atoms with Crippen molar-refractivity contribution >= 4 is 11.6 Å². The molecule has 30 heavy (non-hydrogen) atoms. The molecule has 0 radical (unpaired) electrons. The van der Waals surface area contributed by atoms with Gasteiger partial charge < -0.3 is 14.8 Å². The molecule has 4 heteroatoms.